The van der Waals surface area contributed by atoms with Crippen molar-refractivity contribution in [2.24, 2.45) is 0 Å². The fourth-order valence-corrected chi connectivity index (χ4v) is 3.85. The smallest absolute Gasteiger partial charge is 0.164 e. The number of hydrogen-bond acceptors (Lipinski definition) is 5. The van der Waals surface area contributed by atoms with Gasteiger partial charge in [-0.25, -0.2) is 9.97 Å². The van der Waals surface area contributed by atoms with Crippen LogP contribution in [0.4, 0.5) is 11.5 Å². The number of aryl methyl sites for hydroxylation is 2. The third-order valence-corrected chi connectivity index (χ3v) is 5.74. The molecule has 0 saturated heterocycles. The molecule has 0 aliphatic rings. The molecule has 3 aromatic heterocycles. The lowest BCUT2D eigenvalue weighted by Gasteiger charge is -2.12. The number of aromatic nitrogens is 3. The van der Waals surface area contributed by atoms with Gasteiger partial charge in [0.2, 0.25) is 0 Å². The Bertz CT molecular complexity index is 1070. The summed E-state index contributed by atoms with van der Waals surface area (Å²) in [6.45, 7) is 6.41. The second-order valence-electron chi connectivity index (χ2n) is 6.30. The summed E-state index contributed by atoms with van der Waals surface area (Å²) in [4.78, 5) is 16.1. The summed E-state index contributed by atoms with van der Waals surface area (Å²) in [6.07, 6.45) is 4.56. The Labute approximate surface area is 157 Å². The molecule has 26 heavy (non-hydrogen) atoms. The molecule has 1 N–H and O–H groups in total. The SMILES string of the molecule is CCc1cc2c(Nc3cccc(C)c3C)nc(-c3cccnc3)nc2s1. The number of rotatable bonds is 4. The lowest BCUT2D eigenvalue weighted by atomic mass is 10.1. The van der Waals surface area contributed by atoms with E-state index < -0.39 is 0 Å². The molecule has 0 atom stereocenters. The van der Waals surface area contributed by atoms with Crippen LogP contribution in [0, 0.1) is 13.8 Å². The van der Waals surface area contributed by atoms with Gasteiger partial charge in [0.05, 0.1) is 5.39 Å². The van der Waals surface area contributed by atoms with Crippen molar-refractivity contribution in [1.29, 1.82) is 0 Å². The van der Waals surface area contributed by atoms with Crippen LogP contribution in [0.25, 0.3) is 21.6 Å². The second kappa shape index (κ2) is 6.84. The first-order valence-electron chi connectivity index (χ1n) is 8.70. The number of benzene rings is 1. The maximum absolute atomic E-state index is 4.83. The highest BCUT2D eigenvalue weighted by Gasteiger charge is 2.14. The molecule has 3 heterocycles. The van der Waals surface area contributed by atoms with Crippen molar-refractivity contribution in [3.8, 4) is 11.4 Å². The highest BCUT2D eigenvalue weighted by atomic mass is 32.1. The van der Waals surface area contributed by atoms with Crippen LogP contribution < -0.4 is 5.32 Å². The summed E-state index contributed by atoms with van der Waals surface area (Å²) in [5.41, 5.74) is 4.48. The zero-order valence-corrected chi connectivity index (χ0v) is 15.9. The second-order valence-corrected chi connectivity index (χ2v) is 7.41. The molecule has 0 saturated carbocycles. The van der Waals surface area contributed by atoms with Crippen LogP contribution >= 0.6 is 11.3 Å². The van der Waals surface area contributed by atoms with E-state index in [0.29, 0.717) is 5.82 Å². The van der Waals surface area contributed by atoms with E-state index in [0.717, 1.165) is 33.7 Å². The average molecular weight is 360 g/mol. The van der Waals surface area contributed by atoms with Crippen LogP contribution in [0.15, 0.2) is 48.8 Å². The van der Waals surface area contributed by atoms with Gasteiger partial charge in [0.25, 0.3) is 0 Å². The van der Waals surface area contributed by atoms with Gasteiger partial charge in [-0.05, 0) is 55.7 Å². The van der Waals surface area contributed by atoms with E-state index in [9.17, 15) is 0 Å². The topological polar surface area (TPSA) is 50.7 Å². The Kier molecular flexibility index (Phi) is 4.39. The Morgan fingerprint density at radius 1 is 1.08 bits per heavy atom. The Hall–Kier alpha value is -2.79. The minimum atomic E-state index is 0.697. The molecule has 0 fully saturated rings. The first-order valence-corrected chi connectivity index (χ1v) is 9.51. The van der Waals surface area contributed by atoms with E-state index in [1.807, 2.05) is 12.1 Å². The van der Waals surface area contributed by atoms with E-state index in [-0.39, 0.29) is 0 Å². The van der Waals surface area contributed by atoms with Crippen LogP contribution in [0.2, 0.25) is 0 Å². The zero-order chi connectivity index (χ0) is 18.1. The van der Waals surface area contributed by atoms with Gasteiger partial charge in [0, 0.05) is 28.5 Å². The normalized spacial score (nSPS) is 11.0. The number of fused-ring (bicyclic) bond motifs is 1. The van der Waals surface area contributed by atoms with Crippen molar-refractivity contribution < 1.29 is 0 Å². The molecule has 1 aromatic carbocycles. The van der Waals surface area contributed by atoms with Crippen molar-refractivity contribution >= 4 is 33.1 Å². The van der Waals surface area contributed by atoms with E-state index in [1.165, 1.54) is 16.0 Å². The molecule has 0 aliphatic carbocycles. The van der Waals surface area contributed by atoms with Crippen molar-refractivity contribution in [3.05, 3.63) is 64.8 Å². The number of anilines is 2. The van der Waals surface area contributed by atoms with Gasteiger partial charge in [-0.3, -0.25) is 4.98 Å². The molecule has 0 bridgehead atoms. The lowest BCUT2D eigenvalue weighted by molar-refractivity contribution is 1.19. The van der Waals surface area contributed by atoms with Crippen LogP contribution in [-0.2, 0) is 6.42 Å². The first kappa shape index (κ1) is 16.7. The maximum Gasteiger partial charge on any atom is 0.164 e. The minimum absolute atomic E-state index is 0.697. The number of thiophene rings is 1. The summed E-state index contributed by atoms with van der Waals surface area (Å²) in [7, 11) is 0. The van der Waals surface area contributed by atoms with Crippen LogP contribution in [0.3, 0.4) is 0 Å². The van der Waals surface area contributed by atoms with E-state index in [1.54, 1.807) is 23.7 Å². The molecule has 4 nitrogen and oxygen atoms in total. The van der Waals surface area contributed by atoms with Gasteiger partial charge in [-0.1, -0.05) is 19.1 Å². The standard InChI is InChI=1S/C21H20N4S/c1-4-16-11-17-20(23-18-9-5-7-13(2)14(18)3)24-19(25-21(17)26-16)15-8-6-10-22-12-15/h5-12H,4H2,1-3H3,(H,23,24,25). The highest BCUT2D eigenvalue weighted by molar-refractivity contribution is 7.18. The van der Waals surface area contributed by atoms with Gasteiger partial charge >= 0.3 is 0 Å². The molecule has 130 valence electrons. The summed E-state index contributed by atoms with van der Waals surface area (Å²) in [5, 5.41) is 4.61. The maximum atomic E-state index is 4.83. The monoisotopic (exact) mass is 360 g/mol. The largest absolute Gasteiger partial charge is 0.339 e. The van der Waals surface area contributed by atoms with Crippen LogP contribution in [0.5, 0.6) is 0 Å². The fourth-order valence-electron chi connectivity index (χ4n) is 2.88. The first-order chi connectivity index (χ1) is 12.7. The van der Waals surface area contributed by atoms with E-state index >= 15 is 0 Å². The lowest BCUT2D eigenvalue weighted by Crippen LogP contribution is -2.00. The van der Waals surface area contributed by atoms with Gasteiger partial charge < -0.3 is 5.32 Å². The predicted molar refractivity (Wildman–Crippen MR) is 109 cm³/mol. The van der Waals surface area contributed by atoms with Crippen molar-refractivity contribution in [2.75, 3.05) is 5.32 Å². The third kappa shape index (κ3) is 3.06. The van der Waals surface area contributed by atoms with Crippen molar-refractivity contribution in [3.63, 3.8) is 0 Å². The summed E-state index contributed by atoms with van der Waals surface area (Å²) < 4.78 is 0. The molecule has 0 aliphatic heterocycles. The molecular weight excluding hydrogens is 340 g/mol. The number of pyridine rings is 1. The third-order valence-electron chi connectivity index (χ3n) is 4.57. The van der Waals surface area contributed by atoms with Gasteiger partial charge in [-0.2, -0.15) is 0 Å². The summed E-state index contributed by atoms with van der Waals surface area (Å²) in [5.74, 6) is 1.54. The molecule has 0 amide bonds. The Morgan fingerprint density at radius 3 is 2.73 bits per heavy atom. The van der Waals surface area contributed by atoms with Crippen LogP contribution in [0.1, 0.15) is 22.9 Å². The minimum Gasteiger partial charge on any atom is -0.339 e. The van der Waals surface area contributed by atoms with Crippen molar-refractivity contribution in [2.45, 2.75) is 27.2 Å². The van der Waals surface area contributed by atoms with Crippen LogP contribution in [-0.4, -0.2) is 15.0 Å². The number of nitrogens with zero attached hydrogens (tertiary/aromatic N) is 3. The Balaban J connectivity index is 1.88. The van der Waals surface area contributed by atoms with Gasteiger partial charge in [0.1, 0.15) is 10.6 Å². The quantitative estimate of drug-likeness (QED) is 0.509. The van der Waals surface area contributed by atoms with E-state index in [4.69, 9.17) is 9.97 Å². The predicted octanol–water partition coefficient (Wildman–Crippen LogP) is 5.68. The zero-order valence-electron chi connectivity index (χ0n) is 15.1. The average Bonchev–Trinajstić information content (AvgIpc) is 3.10. The molecule has 4 rings (SSSR count). The Morgan fingerprint density at radius 2 is 1.96 bits per heavy atom. The number of hydrogen-bond donors (Lipinski definition) is 1. The summed E-state index contributed by atoms with van der Waals surface area (Å²) >= 11 is 1.73. The van der Waals surface area contributed by atoms with Crippen molar-refractivity contribution in [1.82, 2.24) is 15.0 Å². The molecule has 0 spiro atoms. The number of nitrogens with one attached hydrogen (secondary N) is 1. The van der Waals surface area contributed by atoms with Gasteiger partial charge in [0.15, 0.2) is 5.82 Å². The summed E-state index contributed by atoms with van der Waals surface area (Å²) in [6, 6.07) is 12.4. The molecule has 0 radical (unpaired) electrons. The molecule has 5 heteroatoms. The highest BCUT2D eigenvalue weighted by Crippen LogP contribution is 2.33. The molecule has 0 unspecified atom stereocenters. The van der Waals surface area contributed by atoms with Gasteiger partial charge in [-0.15, -0.1) is 11.3 Å². The van der Waals surface area contributed by atoms with E-state index in [2.05, 4.69) is 55.3 Å². The fraction of sp³-hybridized carbons (Fsp3) is 0.190. The molecule has 4 aromatic rings. The molecular formula is C21H20N4S.